The van der Waals surface area contributed by atoms with Gasteiger partial charge < -0.3 is 10.1 Å². The van der Waals surface area contributed by atoms with Gasteiger partial charge in [-0.2, -0.15) is 4.31 Å². The van der Waals surface area contributed by atoms with Gasteiger partial charge in [-0.05, 0) is 37.1 Å². The Hall–Kier alpha value is -1.97. The predicted molar refractivity (Wildman–Crippen MR) is 108 cm³/mol. The van der Waals surface area contributed by atoms with Crippen LogP contribution >= 0.6 is 11.3 Å². The minimum absolute atomic E-state index is 0.00611. The average Bonchev–Trinajstić information content (AvgIpc) is 3.21. The number of benzene rings is 1. The van der Waals surface area contributed by atoms with E-state index in [-0.39, 0.29) is 16.7 Å². The molecule has 1 saturated heterocycles. The maximum Gasteiger partial charge on any atom is 0.243 e. The van der Waals surface area contributed by atoms with E-state index in [4.69, 9.17) is 4.74 Å². The first-order chi connectivity index (χ1) is 13.4. The summed E-state index contributed by atoms with van der Waals surface area (Å²) in [5.41, 5.74) is 0.857. The minimum Gasteiger partial charge on any atom is -0.497 e. The highest BCUT2D eigenvalue weighted by Crippen LogP contribution is 2.32. The molecule has 0 bridgehead atoms. The number of methoxy groups -OCH3 is 1. The maximum atomic E-state index is 12.8. The average molecular weight is 424 g/mol. The number of nitrogens with one attached hydrogen (secondary N) is 1. The van der Waals surface area contributed by atoms with Crippen molar-refractivity contribution >= 4 is 27.3 Å². The molecule has 2 heterocycles. The molecule has 0 radical (unpaired) electrons. The molecule has 2 aromatic rings. The Balaban J connectivity index is 1.59. The summed E-state index contributed by atoms with van der Waals surface area (Å²) in [5, 5.41) is 5.81. The first kappa shape index (κ1) is 20.8. The van der Waals surface area contributed by atoms with Crippen molar-refractivity contribution in [3.63, 3.8) is 0 Å². The zero-order valence-electron chi connectivity index (χ0n) is 16.1. The number of thiazole rings is 1. The molecule has 1 fully saturated rings. The van der Waals surface area contributed by atoms with Crippen LogP contribution in [-0.2, 0) is 21.4 Å². The standard InChI is InChI=1S/C19H25N3O4S2/c1-3-18(23)20-12-15-13-27-19(21-15)14-8-10-22(11-9-14)28(24,25)17-6-4-16(26-2)5-7-17/h4-7,13-14H,3,8-12H2,1-2H3,(H,20,23). The summed E-state index contributed by atoms with van der Waals surface area (Å²) < 4.78 is 32.3. The van der Waals surface area contributed by atoms with Gasteiger partial charge in [-0.1, -0.05) is 6.92 Å². The highest BCUT2D eigenvalue weighted by Gasteiger charge is 2.31. The number of hydrogen-bond donors (Lipinski definition) is 1. The molecule has 1 N–H and O–H groups in total. The van der Waals surface area contributed by atoms with Crippen LogP contribution in [0.3, 0.4) is 0 Å². The highest BCUT2D eigenvalue weighted by atomic mass is 32.2. The summed E-state index contributed by atoms with van der Waals surface area (Å²) in [7, 11) is -1.94. The van der Waals surface area contributed by atoms with E-state index >= 15 is 0 Å². The summed E-state index contributed by atoms with van der Waals surface area (Å²) in [6.45, 7) is 3.20. The van der Waals surface area contributed by atoms with Crippen LogP contribution in [0.25, 0.3) is 0 Å². The number of carbonyl (C=O) groups is 1. The number of ether oxygens (including phenoxy) is 1. The van der Waals surface area contributed by atoms with Gasteiger partial charge in [-0.3, -0.25) is 4.79 Å². The van der Waals surface area contributed by atoms with Gasteiger partial charge in [0.2, 0.25) is 15.9 Å². The second kappa shape index (κ2) is 9.02. The lowest BCUT2D eigenvalue weighted by Gasteiger charge is -2.30. The van der Waals surface area contributed by atoms with Gasteiger partial charge in [-0.15, -0.1) is 11.3 Å². The van der Waals surface area contributed by atoms with Crippen molar-refractivity contribution in [1.82, 2.24) is 14.6 Å². The number of rotatable bonds is 7. The molecule has 1 aliphatic heterocycles. The molecule has 1 aromatic heterocycles. The molecule has 0 spiro atoms. The van der Waals surface area contributed by atoms with E-state index in [0.29, 0.717) is 31.8 Å². The van der Waals surface area contributed by atoms with Crippen LogP contribution in [0.4, 0.5) is 0 Å². The SMILES string of the molecule is CCC(=O)NCc1csc(C2CCN(S(=O)(=O)c3ccc(OC)cc3)CC2)n1. The third-order valence-corrected chi connectivity index (χ3v) is 7.83. The van der Waals surface area contributed by atoms with Crippen molar-refractivity contribution in [2.24, 2.45) is 0 Å². The molecular formula is C19H25N3O4S2. The lowest BCUT2D eigenvalue weighted by Crippen LogP contribution is -2.37. The summed E-state index contributed by atoms with van der Waals surface area (Å²) in [4.78, 5) is 16.3. The van der Waals surface area contributed by atoms with Crippen LogP contribution in [0.15, 0.2) is 34.5 Å². The fourth-order valence-corrected chi connectivity index (χ4v) is 5.61. The van der Waals surface area contributed by atoms with Crippen LogP contribution < -0.4 is 10.1 Å². The van der Waals surface area contributed by atoms with Crippen molar-refractivity contribution in [3.05, 3.63) is 40.3 Å². The molecule has 1 amide bonds. The molecule has 1 aromatic carbocycles. The Bertz CT molecular complexity index is 902. The molecule has 28 heavy (non-hydrogen) atoms. The number of sulfonamides is 1. The Labute approximate surface area is 169 Å². The Morgan fingerprint density at radius 2 is 1.96 bits per heavy atom. The van der Waals surface area contributed by atoms with E-state index in [1.54, 1.807) is 47.0 Å². The van der Waals surface area contributed by atoms with Gasteiger partial charge in [0, 0.05) is 30.8 Å². The molecular weight excluding hydrogens is 398 g/mol. The van der Waals surface area contributed by atoms with Crippen LogP contribution in [0.5, 0.6) is 5.75 Å². The first-order valence-corrected chi connectivity index (χ1v) is 11.6. The molecule has 1 aliphatic rings. The van der Waals surface area contributed by atoms with Crippen LogP contribution in [0.2, 0.25) is 0 Å². The molecule has 7 nitrogen and oxygen atoms in total. The van der Waals surface area contributed by atoms with Crippen molar-refractivity contribution in [3.8, 4) is 5.75 Å². The number of nitrogens with zero attached hydrogens (tertiary/aromatic N) is 2. The Morgan fingerprint density at radius 1 is 1.29 bits per heavy atom. The lowest BCUT2D eigenvalue weighted by molar-refractivity contribution is -0.120. The first-order valence-electron chi connectivity index (χ1n) is 9.29. The predicted octanol–water partition coefficient (Wildman–Crippen LogP) is 2.75. The Morgan fingerprint density at radius 3 is 2.57 bits per heavy atom. The number of carbonyl (C=O) groups excluding carboxylic acids is 1. The van der Waals surface area contributed by atoms with Gasteiger partial charge in [0.15, 0.2) is 0 Å². The smallest absolute Gasteiger partial charge is 0.243 e. The Kier molecular flexibility index (Phi) is 6.69. The zero-order valence-corrected chi connectivity index (χ0v) is 17.7. The van der Waals surface area contributed by atoms with E-state index in [1.165, 1.54) is 0 Å². The lowest BCUT2D eigenvalue weighted by atomic mass is 9.99. The fourth-order valence-electron chi connectivity index (χ4n) is 3.15. The molecule has 0 saturated carbocycles. The summed E-state index contributed by atoms with van der Waals surface area (Å²) in [6.07, 6.45) is 1.94. The fraction of sp³-hybridized carbons (Fsp3) is 0.474. The van der Waals surface area contributed by atoms with Crippen molar-refractivity contribution < 1.29 is 17.9 Å². The topological polar surface area (TPSA) is 88.6 Å². The number of piperidine rings is 1. The van der Waals surface area contributed by atoms with E-state index in [1.807, 2.05) is 12.3 Å². The van der Waals surface area contributed by atoms with Crippen LogP contribution in [-0.4, -0.2) is 43.8 Å². The normalized spacial score (nSPS) is 16.1. The third kappa shape index (κ3) is 4.71. The number of amides is 1. The monoisotopic (exact) mass is 423 g/mol. The molecule has 0 atom stereocenters. The van der Waals surface area contributed by atoms with Gasteiger partial charge >= 0.3 is 0 Å². The minimum atomic E-state index is -3.50. The molecule has 0 unspecified atom stereocenters. The zero-order chi connectivity index (χ0) is 20.1. The van der Waals surface area contributed by atoms with Crippen LogP contribution in [0, 0.1) is 0 Å². The quantitative estimate of drug-likeness (QED) is 0.740. The van der Waals surface area contributed by atoms with Crippen LogP contribution in [0.1, 0.15) is 42.8 Å². The van der Waals surface area contributed by atoms with Gasteiger partial charge in [0.1, 0.15) is 5.75 Å². The largest absolute Gasteiger partial charge is 0.497 e. The second-order valence-electron chi connectivity index (χ2n) is 6.66. The molecule has 3 rings (SSSR count). The third-order valence-electron chi connectivity index (χ3n) is 4.86. The van der Waals surface area contributed by atoms with Crippen molar-refractivity contribution in [2.75, 3.05) is 20.2 Å². The number of hydrogen-bond acceptors (Lipinski definition) is 6. The maximum absolute atomic E-state index is 12.8. The summed E-state index contributed by atoms with van der Waals surface area (Å²) in [6, 6.07) is 6.48. The van der Waals surface area contributed by atoms with Gasteiger partial charge in [0.05, 0.1) is 29.3 Å². The van der Waals surface area contributed by atoms with E-state index < -0.39 is 10.0 Å². The molecule has 9 heteroatoms. The van der Waals surface area contributed by atoms with E-state index in [0.717, 1.165) is 23.5 Å². The van der Waals surface area contributed by atoms with E-state index in [9.17, 15) is 13.2 Å². The van der Waals surface area contributed by atoms with Gasteiger partial charge in [-0.25, -0.2) is 13.4 Å². The number of aromatic nitrogens is 1. The van der Waals surface area contributed by atoms with E-state index in [2.05, 4.69) is 10.3 Å². The van der Waals surface area contributed by atoms with Crippen molar-refractivity contribution in [1.29, 1.82) is 0 Å². The molecule has 152 valence electrons. The van der Waals surface area contributed by atoms with Crippen molar-refractivity contribution in [2.45, 2.75) is 43.5 Å². The molecule has 0 aliphatic carbocycles. The van der Waals surface area contributed by atoms with Gasteiger partial charge in [0.25, 0.3) is 0 Å². The second-order valence-corrected chi connectivity index (χ2v) is 9.49. The summed E-state index contributed by atoms with van der Waals surface area (Å²) in [5.74, 6) is 0.891. The summed E-state index contributed by atoms with van der Waals surface area (Å²) >= 11 is 1.58. The highest BCUT2D eigenvalue weighted by molar-refractivity contribution is 7.89.